The average molecular weight is 322 g/mol. The van der Waals surface area contributed by atoms with Crippen LogP contribution in [0.1, 0.15) is 19.3 Å². The van der Waals surface area contributed by atoms with Gasteiger partial charge in [-0.25, -0.2) is 10.6 Å². The van der Waals surface area contributed by atoms with Crippen LogP contribution in [0.2, 0.25) is 0 Å². The van der Waals surface area contributed by atoms with Gasteiger partial charge >= 0.3 is 18.0 Å². The Kier molecular flexibility index (Phi) is 9.78. The van der Waals surface area contributed by atoms with Crippen LogP contribution < -0.4 is 21.9 Å². The van der Waals surface area contributed by atoms with E-state index in [4.69, 9.17) is 25.2 Å². The second-order valence-corrected chi connectivity index (χ2v) is 4.63. The molecule has 0 aromatic rings. The lowest BCUT2D eigenvalue weighted by Crippen LogP contribution is -2.29. The molecule has 2 aliphatic rings. The second-order valence-electron chi connectivity index (χ2n) is 4.63. The first kappa shape index (κ1) is 20.1. The van der Waals surface area contributed by atoms with Crippen molar-refractivity contribution in [2.45, 2.75) is 37.5 Å². The number of hydrogen-bond acceptors (Lipinski definition) is 7. The number of amides is 1. The molecule has 0 saturated carbocycles. The van der Waals surface area contributed by atoms with E-state index in [0.717, 1.165) is 19.4 Å². The third-order valence-electron chi connectivity index (χ3n) is 2.89. The lowest BCUT2D eigenvalue weighted by molar-refractivity contribution is -0.140. The Labute approximate surface area is 126 Å². The van der Waals surface area contributed by atoms with Crippen molar-refractivity contribution in [1.29, 1.82) is 0 Å². The molecule has 0 spiro atoms. The summed E-state index contributed by atoms with van der Waals surface area (Å²) in [6.07, 6.45) is 0.415. The van der Waals surface area contributed by atoms with E-state index >= 15 is 0 Å². The standard InChI is InChI=1S/C5H9NO3.C5H9NO2.CH4N2O2/c7-3-1-4(5(8)9)6-2-3;7-5(8)4-2-1-3-6-4;2-3-1(4)5/h3-4,6-7H,1-2H2,(H,8,9);4,6H,1-3H2,(H,7,8);3H,2H2,(H,4,5)/t3-,4+;4-;/m10./s1. The number of aliphatic hydroxyl groups excluding tert-OH is 1. The topological polar surface area (TPSA) is 194 Å². The highest BCUT2D eigenvalue weighted by atomic mass is 16.4. The van der Waals surface area contributed by atoms with Gasteiger partial charge in [0, 0.05) is 13.0 Å². The summed E-state index contributed by atoms with van der Waals surface area (Å²) in [6, 6.07) is -0.810. The molecule has 0 radical (unpaired) electrons. The number of carboxylic acid groups (broad SMARTS) is 3. The number of aliphatic carboxylic acids is 2. The summed E-state index contributed by atoms with van der Waals surface area (Å²) in [5.41, 5.74) is 1.44. The SMILES string of the molecule is NNC(=O)O.O=C(O)[C@@H]1CCCN1.O=C(O)[C@@H]1C[C@@H](O)CN1. The van der Waals surface area contributed by atoms with Crippen molar-refractivity contribution in [3.63, 3.8) is 0 Å². The molecule has 0 aliphatic carbocycles. The van der Waals surface area contributed by atoms with Crippen LogP contribution in [0, 0.1) is 0 Å². The van der Waals surface area contributed by atoms with Gasteiger partial charge in [-0.3, -0.25) is 15.0 Å². The van der Waals surface area contributed by atoms with Crippen LogP contribution >= 0.6 is 0 Å². The molecule has 3 atom stereocenters. The van der Waals surface area contributed by atoms with Gasteiger partial charge in [0.15, 0.2) is 0 Å². The van der Waals surface area contributed by atoms with Crippen LogP contribution in [-0.2, 0) is 9.59 Å². The minimum atomic E-state index is -1.22. The fourth-order valence-corrected chi connectivity index (χ4v) is 1.80. The van der Waals surface area contributed by atoms with Gasteiger partial charge in [-0.2, -0.15) is 0 Å². The number of nitrogens with one attached hydrogen (secondary N) is 3. The zero-order chi connectivity index (χ0) is 17.1. The molecule has 0 unspecified atom stereocenters. The number of nitrogens with two attached hydrogens (primary N) is 1. The highest BCUT2D eigenvalue weighted by molar-refractivity contribution is 5.74. The fraction of sp³-hybridized carbons (Fsp3) is 0.727. The number of hydrazine groups is 1. The lowest BCUT2D eigenvalue weighted by Gasteiger charge is -1.99. The van der Waals surface area contributed by atoms with E-state index < -0.39 is 30.2 Å². The molecule has 11 nitrogen and oxygen atoms in total. The maximum Gasteiger partial charge on any atom is 0.418 e. The quantitative estimate of drug-likeness (QED) is 0.156. The maximum atomic E-state index is 10.2. The molecular formula is C11H22N4O7. The molecule has 0 bridgehead atoms. The van der Waals surface area contributed by atoms with E-state index in [1.807, 2.05) is 0 Å². The van der Waals surface area contributed by atoms with Crippen molar-refractivity contribution in [2.75, 3.05) is 13.1 Å². The Morgan fingerprint density at radius 1 is 1.05 bits per heavy atom. The summed E-state index contributed by atoms with van der Waals surface area (Å²) < 4.78 is 0. The van der Waals surface area contributed by atoms with E-state index in [0.29, 0.717) is 13.0 Å². The van der Waals surface area contributed by atoms with Crippen LogP contribution in [0.15, 0.2) is 0 Å². The largest absolute Gasteiger partial charge is 0.480 e. The van der Waals surface area contributed by atoms with Crippen molar-refractivity contribution in [3.8, 4) is 0 Å². The highest BCUT2D eigenvalue weighted by Gasteiger charge is 2.27. The van der Waals surface area contributed by atoms with Crippen molar-refractivity contribution in [3.05, 3.63) is 0 Å². The molecule has 22 heavy (non-hydrogen) atoms. The molecule has 2 saturated heterocycles. The van der Waals surface area contributed by atoms with Crippen molar-refractivity contribution >= 4 is 18.0 Å². The molecular weight excluding hydrogens is 300 g/mol. The van der Waals surface area contributed by atoms with Crippen LogP contribution in [0.25, 0.3) is 0 Å². The zero-order valence-corrected chi connectivity index (χ0v) is 11.9. The predicted molar refractivity (Wildman–Crippen MR) is 74.1 cm³/mol. The van der Waals surface area contributed by atoms with Crippen LogP contribution in [0.4, 0.5) is 4.79 Å². The summed E-state index contributed by atoms with van der Waals surface area (Å²) in [7, 11) is 0. The normalized spacial score (nSPS) is 26.0. The van der Waals surface area contributed by atoms with Gasteiger partial charge in [0.05, 0.1) is 6.10 Å². The first-order valence-corrected chi connectivity index (χ1v) is 6.57. The third-order valence-corrected chi connectivity index (χ3v) is 2.89. The third kappa shape index (κ3) is 9.07. The Balaban J connectivity index is 0.000000315. The van der Waals surface area contributed by atoms with E-state index in [2.05, 4.69) is 16.5 Å². The Morgan fingerprint density at radius 2 is 1.59 bits per heavy atom. The summed E-state index contributed by atoms with van der Waals surface area (Å²) in [6.45, 7) is 1.26. The van der Waals surface area contributed by atoms with Crippen molar-refractivity contribution in [2.24, 2.45) is 5.84 Å². The molecule has 0 aromatic carbocycles. The van der Waals surface area contributed by atoms with E-state index in [1.165, 1.54) is 5.43 Å². The summed E-state index contributed by atoms with van der Waals surface area (Å²) >= 11 is 0. The highest BCUT2D eigenvalue weighted by Crippen LogP contribution is 2.05. The van der Waals surface area contributed by atoms with E-state index in [9.17, 15) is 9.59 Å². The molecule has 2 aliphatic heterocycles. The molecule has 2 rings (SSSR count). The number of β-amino-alcohol motifs (C(OH)–C–C–N with tert-alkyl or cyclic N) is 1. The molecule has 128 valence electrons. The van der Waals surface area contributed by atoms with Gasteiger partial charge in [0.1, 0.15) is 12.1 Å². The van der Waals surface area contributed by atoms with Gasteiger partial charge in [0.25, 0.3) is 0 Å². The van der Waals surface area contributed by atoms with E-state index in [-0.39, 0.29) is 6.04 Å². The summed E-state index contributed by atoms with van der Waals surface area (Å²) in [5, 5.41) is 38.5. The van der Waals surface area contributed by atoms with Gasteiger partial charge in [-0.05, 0) is 19.4 Å². The van der Waals surface area contributed by atoms with Crippen molar-refractivity contribution in [1.82, 2.24) is 16.1 Å². The molecule has 9 N–H and O–H groups in total. The van der Waals surface area contributed by atoms with Gasteiger partial charge in [-0.15, -0.1) is 0 Å². The molecule has 1 amide bonds. The number of rotatable bonds is 2. The van der Waals surface area contributed by atoms with Gasteiger partial charge in [-0.1, -0.05) is 0 Å². The summed E-state index contributed by atoms with van der Waals surface area (Å²) in [4.78, 5) is 29.4. The van der Waals surface area contributed by atoms with Crippen molar-refractivity contribution < 1.29 is 34.8 Å². The molecule has 2 heterocycles. The minimum Gasteiger partial charge on any atom is -0.480 e. The smallest absolute Gasteiger partial charge is 0.418 e. The van der Waals surface area contributed by atoms with Gasteiger partial charge in [0.2, 0.25) is 0 Å². The first-order chi connectivity index (χ1) is 10.3. The predicted octanol–water partition coefficient (Wildman–Crippen LogP) is -2.26. The summed E-state index contributed by atoms with van der Waals surface area (Å²) in [5.74, 6) is 2.72. The zero-order valence-electron chi connectivity index (χ0n) is 11.9. The lowest BCUT2D eigenvalue weighted by atomic mass is 10.2. The number of carbonyl (C=O) groups is 3. The average Bonchev–Trinajstić information content (AvgIpc) is 3.10. The number of hydrogen-bond donors (Lipinski definition) is 8. The fourth-order valence-electron chi connectivity index (χ4n) is 1.80. The number of carboxylic acids is 2. The Morgan fingerprint density at radius 3 is 1.77 bits per heavy atom. The monoisotopic (exact) mass is 322 g/mol. The van der Waals surface area contributed by atoms with Crippen LogP contribution in [-0.4, -0.2) is 69.7 Å². The van der Waals surface area contributed by atoms with Crippen LogP contribution in [0.3, 0.4) is 0 Å². The maximum absolute atomic E-state index is 10.2. The Bertz CT molecular complexity index is 373. The molecule has 11 heteroatoms. The second kappa shape index (κ2) is 10.7. The molecule has 0 aromatic heterocycles. The van der Waals surface area contributed by atoms with E-state index in [1.54, 1.807) is 0 Å². The molecule has 2 fully saturated rings. The van der Waals surface area contributed by atoms with Crippen LogP contribution in [0.5, 0.6) is 0 Å². The number of aliphatic hydroxyl groups is 1. The first-order valence-electron chi connectivity index (χ1n) is 6.57. The Hall–Kier alpha value is -1.95. The minimum absolute atomic E-state index is 0.269. The van der Waals surface area contributed by atoms with Gasteiger partial charge < -0.3 is 31.1 Å².